The third-order valence-corrected chi connectivity index (χ3v) is 3.63. The van der Waals surface area contributed by atoms with Crippen molar-refractivity contribution < 1.29 is 4.74 Å². The Morgan fingerprint density at radius 3 is 2.95 bits per heavy atom. The topological polar surface area (TPSA) is 39.1 Å². The van der Waals surface area contributed by atoms with Gasteiger partial charge in [0.15, 0.2) is 0 Å². The van der Waals surface area contributed by atoms with Gasteiger partial charge in [-0.3, -0.25) is 4.57 Å². The van der Waals surface area contributed by atoms with Gasteiger partial charge in [0.1, 0.15) is 0 Å². The molecule has 1 fully saturated rings. The number of anilines is 1. The lowest BCUT2D eigenvalue weighted by Gasteiger charge is -2.12. The van der Waals surface area contributed by atoms with Crippen molar-refractivity contribution in [3.05, 3.63) is 42.2 Å². The lowest BCUT2D eigenvalue weighted by Crippen LogP contribution is -2.14. The van der Waals surface area contributed by atoms with E-state index in [1.807, 2.05) is 25.1 Å². The van der Waals surface area contributed by atoms with Gasteiger partial charge in [0.25, 0.3) is 0 Å². The molecule has 1 atom stereocenters. The van der Waals surface area contributed by atoms with E-state index in [0.29, 0.717) is 6.10 Å². The maximum Gasteiger partial charge on any atom is 0.207 e. The minimum Gasteiger partial charge on any atom is -0.378 e. The molecule has 0 spiro atoms. The molecule has 0 amide bonds. The van der Waals surface area contributed by atoms with Crippen LogP contribution in [0.15, 0.2) is 36.5 Å². The fraction of sp³-hybridized carbons (Fsp3) is 0.438. The Labute approximate surface area is 119 Å². The highest BCUT2D eigenvalue weighted by Crippen LogP contribution is 2.18. The molecule has 1 unspecified atom stereocenters. The van der Waals surface area contributed by atoms with Crippen LogP contribution in [-0.4, -0.2) is 28.8 Å². The van der Waals surface area contributed by atoms with Crippen LogP contribution in [0.3, 0.4) is 0 Å². The summed E-state index contributed by atoms with van der Waals surface area (Å²) in [6, 6.07) is 10.3. The van der Waals surface area contributed by atoms with Crippen molar-refractivity contribution in [1.29, 1.82) is 0 Å². The SMILES string of the molecule is Cc1cn(-c2ccccc2)c(NCCC2CCCO2)n1. The van der Waals surface area contributed by atoms with Gasteiger partial charge in [0.05, 0.1) is 11.8 Å². The summed E-state index contributed by atoms with van der Waals surface area (Å²) in [6.45, 7) is 3.83. The summed E-state index contributed by atoms with van der Waals surface area (Å²) >= 11 is 0. The highest BCUT2D eigenvalue weighted by Gasteiger charge is 2.15. The summed E-state index contributed by atoms with van der Waals surface area (Å²) in [5.74, 6) is 0.909. The molecular formula is C16H21N3O. The van der Waals surface area contributed by atoms with Crippen LogP contribution in [0.5, 0.6) is 0 Å². The van der Waals surface area contributed by atoms with E-state index in [4.69, 9.17) is 4.74 Å². The first-order valence-electron chi connectivity index (χ1n) is 7.30. The fourth-order valence-corrected chi connectivity index (χ4v) is 2.62. The minimum absolute atomic E-state index is 0.420. The number of nitrogens with zero attached hydrogens (tertiary/aromatic N) is 2. The second-order valence-corrected chi connectivity index (χ2v) is 5.26. The number of aryl methyl sites for hydroxylation is 1. The summed E-state index contributed by atoms with van der Waals surface area (Å²) < 4.78 is 7.75. The predicted molar refractivity (Wildman–Crippen MR) is 80.4 cm³/mol. The average molecular weight is 271 g/mol. The Morgan fingerprint density at radius 1 is 1.35 bits per heavy atom. The van der Waals surface area contributed by atoms with Gasteiger partial charge in [0, 0.05) is 25.0 Å². The maximum atomic E-state index is 5.64. The van der Waals surface area contributed by atoms with Gasteiger partial charge >= 0.3 is 0 Å². The van der Waals surface area contributed by atoms with Crippen molar-refractivity contribution in [2.75, 3.05) is 18.5 Å². The smallest absolute Gasteiger partial charge is 0.207 e. The second-order valence-electron chi connectivity index (χ2n) is 5.26. The number of rotatable bonds is 5. The molecule has 4 nitrogen and oxygen atoms in total. The van der Waals surface area contributed by atoms with Crippen LogP contribution in [0.1, 0.15) is 25.0 Å². The van der Waals surface area contributed by atoms with Crippen LogP contribution in [0.2, 0.25) is 0 Å². The van der Waals surface area contributed by atoms with Crippen LogP contribution >= 0.6 is 0 Å². The molecule has 1 aromatic carbocycles. The molecule has 0 saturated carbocycles. The van der Waals surface area contributed by atoms with E-state index < -0.39 is 0 Å². The first-order valence-corrected chi connectivity index (χ1v) is 7.30. The predicted octanol–water partition coefficient (Wildman–Crippen LogP) is 3.16. The van der Waals surface area contributed by atoms with Crippen molar-refractivity contribution in [3.63, 3.8) is 0 Å². The fourth-order valence-electron chi connectivity index (χ4n) is 2.62. The Kier molecular flexibility index (Phi) is 4.02. The number of nitrogens with one attached hydrogen (secondary N) is 1. The Bertz CT molecular complexity index is 544. The van der Waals surface area contributed by atoms with E-state index >= 15 is 0 Å². The number of hydrogen-bond donors (Lipinski definition) is 1. The van der Waals surface area contributed by atoms with Crippen LogP contribution in [0, 0.1) is 6.92 Å². The Hall–Kier alpha value is -1.81. The maximum absolute atomic E-state index is 5.64. The average Bonchev–Trinajstić information content (AvgIpc) is 3.10. The van der Waals surface area contributed by atoms with Crippen molar-refractivity contribution in [2.24, 2.45) is 0 Å². The van der Waals surface area contributed by atoms with E-state index in [1.54, 1.807) is 0 Å². The van der Waals surface area contributed by atoms with Crippen molar-refractivity contribution in [1.82, 2.24) is 9.55 Å². The standard InChI is InChI=1S/C16H21N3O/c1-13-12-19(14-6-3-2-4-7-14)16(18-13)17-10-9-15-8-5-11-20-15/h2-4,6-7,12,15H,5,8-11H2,1H3,(H,17,18). The zero-order valence-electron chi connectivity index (χ0n) is 11.9. The van der Waals surface area contributed by atoms with Crippen molar-refractivity contribution in [3.8, 4) is 5.69 Å². The molecule has 106 valence electrons. The van der Waals surface area contributed by atoms with E-state index in [1.165, 1.54) is 12.8 Å². The molecule has 1 saturated heterocycles. The number of aromatic nitrogens is 2. The summed E-state index contributed by atoms with van der Waals surface area (Å²) in [4.78, 5) is 4.56. The van der Waals surface area contributed by atoms with Crippen LogP contribution in [0.4, 0.5) is 5.95 Å². The van der Waals surface area contributed by atoms with Crippen LogP contribution in [0.25, 0.3) is 5.69 Å². The summed E-state index contributed by atoms with van der Waals surface area (Å²) in [7, 11) is 0. The number of para-hydroxylation sites is 1. The number of imidazole rings is 1. The summed E-state index contributed by atoms with van der Waals surface area (Å²) in [5.41, 5.74) is 2.15. The molecular weight excluding hydrogens is 250 g/mol. The van der Waals surface area contributed by atoms with Gasteiger partial charge in [-0.25, -0.2) is 4.98 Å². The minimum atomic E-state index is 0.420. The molecule has 4 heteroatoms. The molecule has 2 aromatic rings. The zero-order chi connectivity index (χ0) is 13.8. The van der Waals surface area contributed by atoms with Gasteiger partial charge in [-0.05, 0) is 38.3 Å². The first kappa shape index (κ1) is 13.2. The van der Waals surface area contributed by atoms with Crippen molar-refractivity contribution >= 4 is 5.95 Å². The molecule has 0 radical (unpaired) electrons. The molecule has 20 heavy (non-hydrogen) atoms. The highest BCUT2D eigenvalue weighted by molar-refractivity contribution is 5.42. The normalized spacial score (nSPS) is 18.4. The van der Waals surface area contributed by atoms with E-state index in [-0.39, 0.29) is 0 Å². The van der Waals surface area contributed by atoms with E-state index in [2.05, 4.69) is 33.2 Å². The molecule has 3 rings (SSSR count). The molecule has 1 aliphatic rings. The van der Waals surface area contributed by atoms with Crippen LogP contribution < -0.4 is 5.32 Å². The number of hydrogen-bond acceptors (Lipinski definition) is 3. The Balaban J connectivity index is 1.66. The summed E-state index contributed by atoms with van der Waals surface area (Å²) in [6.07, 6.45) is 5.91. The molecule has 0 aliphatic carbocycles. The Morgan fingerprint density at radius 2 is 2.20 bits per heavy atom. The lowest BCUT2D eigenvalue weighted by atomic mass is 10.2. The summed E-state index contributed by atoms with van der Waals surface area (Å²) in [5, 5.41) is 3.43. The molecule has 1 N–H and O–H groups in total. The zero-order valence-corrected chi connectivity index (χ0v) is 11.9. The van der Waals surface area contributed by atoms with Gasteiger partial charge in [0.2, 0.25) is 5.95 Å². The third kappa shape index (κ3) is 3.02. The van der Waals surface area contributed by atoms with E-state index in [0.717, 1.165) is 36.9 Å². The van der Waals surface area contributed by atoms with Gasteiger partial charge in [-0.15, -0.1) is 0 Å². The molecule has 1 aromatic heterocycles. The quantitative estimate of drug-likeness (QED) is 0.908. The van der Waals surface area contributed by atoms with Crippen LogP contribution in [-0.2, 0) is 4.74 Å². The number of ether oxygens (including phenoxy) is 1. The molecule has 0 bridgehead atoms. The monoisotopic (exact) mass is 271 g/mol. The highest BCUT2D eigenvalue weighted by atomic mass is 16.5. The third-order valence-electron chi connectivity index (χ3n) is 3.63. The molecule has 1 aliphatic heterocycles. The first-order chi connectivity index (χ1) is 9.83. The van der Waals surface area contributed by atoms with Gasteiger partial charge in [-0.1, -0.05) is 18.2 Å². The van der Waals surface area contributed by atoms with E-state index in [9.17, 15) is 0 Å². The number of benzene rings is 1. The molecule has 2 heterocycles. The lowest BCUT2D eigenvalue weighted by molar-refractivity contribution is 0.107. The second kappa shape index (κ2) is 6.09. The van der Waals surface area contributed by atoms with Gasteiger partial charge < -0.3 is 10.1 Å². The van der Waals surface area contributed by atoms with Crippen molar-refractivity contribution in [2.45, 2.75) is 32.3 Å². The van der Waals surface area contributed by atoms with Gasteiger partial charge in [-0.2, -0.15) is 0 Å². The largest absolute Gasteiger partial charge is 0.378 e.